The molecule has 15 heavy (non-hydrogen) atoms. The lowest BCUT2D eigenvalue weighted by Gasteiger charge is -1.93. The molecule has 0 bridgehead atoms. The van der Waals surface area contributed by atoms with E-state index in [9.17, 15) is 8.42 Å². The van der Waals surface area contributed by atoms with Crippen molar-refractivity contribution in [1.82, 2.24) is 4.98 Å². The van der Waals surface area contributed by atoms with Crippen molar-refractivity contribution in [3.8, 4) is 11.8 Å². The van der Waals surface area contributed by atoms with Crippen molar-refractivity contribution in [2.24, 2.45) is 0 Å². The Kier molecular flexibility index (Phi) is 3.83. The van der Waals surface area contributed by atoms with Gasteiger partial charge in [-0.25, -0.2) is 4.98 Å². The van der Waals surface area contributed by atoms with Crippen molar-refractivity contribution in [3.63, 3.8) is 0 Å². The van der Waals surface area contributed by atoms with Crippen LogP contribution in [0.2, 0.25) is 0 Å². The third kappa shape index (κ3) is 5.15. The lowest BCUT2D eigenvalue weighted by molar-refractivity contribution is 0.368. The van der Waals surface area contributed by atoms with Gasteiger partial charge in [-0.15, -0.1) is 0 Å². The topological polar surface area (TPSA) is 56.3 Å². The van der Waals surface area contributed by atoms with Crippen molar-refractivity contribution >= 4 is 10.1 Å². The van der Waals surface area contributed by atoms with Gasteiger partial charge in [0.25, 0.3) is 10.1 Å². The van der Waals surface area contributed by atoms with Crippen LogP contribution in [-0.4, -0.2) is 26.3 Å². The zero-order valence-electron chi connectivity index (χ0n) is 8.52. The monoisotopic (exact) mass is 225 g/mol. The van der Waals surface area contributed by atoms with Gasteiger partial charge < -0.3 is 0 Å². The normalized spacial score (nSPS) is 10.5. The van der Waals surface area contributed by atoms with Gasteiger partial charge in [0.05, 0.1) is 6.26 Å². The summed E-state index contributed by atoms with van der Waals surface area (Å²) in [5.74, 6) is 5.28. The lowest BCUT2D eigenvalue weighted by atomic mass is 10.3. The fourth-order valence-electron chi connectivity index (χ4n) is 0.876. The van der Waals surface area contributed by atoms with Gasteiger partial charge in [-0.2, -0.15) is 8.42 Å². The van der Waals surface area contributed by atoms with E-state index in [1.165, 1.54) is 0 Å². The van der Waals surface area contributed by atoms with Gasteiger partial charge >= 0.3 is 0 Å². The summed E-state index contributed by atoms with van der Waals surface area (Å²) in [5, 5.41) is 0. The average Bonchev–Trinajstić information content (AvgIpc) is 2.11. The van der Waals surface area contributed by atoms with Gasteiger partial charge in [0, 0.05) is 5.69 Å². The summed E-state index contributed by atoms with van der Waals surface area (Å²) in [6, 6.07) is 5.45. The van der Waals surface area contributed by atoms with E-state index in [1.54, 1.807) is 6.07 Å². The van der Waals surface area contributed by atoms with Gasteiger partial charge in [-0.1, -0.05) is 12.0 Å². The van der Waals surface area contributed by atoms with Crippen molar-refractivity contribution in [1.29, 1.82) is 0 Å². The van der Waals surface area contributed by atoms with Crippen LogP contribution in [-0.2, 0) is 14.3 Å². The molecule has 0 saturated heterocycles. The molecule has 0 aliphatic heterocycles. The number of aromatic nitrogens is 1. The molecule has 0 saturated carbocycles. The van der Waals surface area contributed by atoms with Crippen LogP contribution in [0.4, 0.5) is 0 Å². The summed E-state index contributed by atoms with van der Waals surface area (Å²) >= 11 is 0. The molecule has 5 heteroatoms. The van der Waals surface area contributed by atoms with E-state index >= 15 is 0 Å². The number of pyridine rings is 1. The fraction of sp³-hybridized carbons (Fsp3) is 0.300. The largest absolute Gasteiger partial charge is 0.265 e. The average molecular weight is 225 g/mol. The number of hydrogen-bond acceptors (Lipinski definition) is 4. The Labute approximate surface area is 89.4 Å². The predicted molar refractivity (Wildman–Crippen MR) is 56.6 cm³/mol. The van der Waals surface area contributed by atoms with E-state index < -0.39 is 10.1 Å². The molecular formula is C10H11NO3S. The van der Waals surface area contributed by atoms with Crippen LogP contribution < -0.4 is 0 Å². The Bertz CT molecular complexity index is 497. The minimum absolute atomic E-state index is 0.144. The van der Waals surface area contributed by atoms with Crippen LogP contribution in [0.25, 0.3) is 0 Å². The first kappa shape index (κ1) is 11.7. The molecule has 1 aromatic heterocycles. The molecule has 0 spiro atoms. The summed E-state index contributed by atoms with van der Waals surface area (Å²) < 4.78 is 25.6. The second-order valence-electron chi connectivity index (χ2n) is 2.93. The smallest absolute Gasteiger partial charge is 0.257 e. The van der Waals surface area contributed by atoms with Gasteiger partial charge in [0.2, 0.25) is 0 Å². The van der Waals surface area contributed by atoms with E-state index in [1.807, 2.05) is 19.1 Å². The molecular weight excluding hydrogens is 214 g/mol. The molecule has 0 aliphatic carbocycles. The highest BCUT2D eigenvalue weighted by Crippen LogP contribution is 1.95. The Morgan fingerprint density at radius 3 is 2.80 bits per heavy atom. The van der Waals surface area contributed by atoms with Crippen LogP contribution in [0.3, 0.4) is 0 Å². The van der Waals surface area contributed by atoms with Crippen LogP contribution in [0.5, 0.6) is 0 Å². The minimum atomic E-state index is -3.41. The third-order valence-corrected chi connectivity index (χ3v) is 2.00. The second kappa shape index (κ2) is 4.91. The van der Waals surface area contributed by atoms with Crippen LogP contribution in [0, 0.1) is 18.8 Å². The minimum Gasteiger partial charge on any atom is -0.257 e. The molecule has 1 rings (SSSR count). The maximum absolute atomic E-state index is 10.6. The predicted octanol–water partition coefficient (Wildman–Crippen LogP) is 0.718. The van der Waals surface area contributed by atoms with Crippen LogP contribution >= 0.6 is 0 Å². The SMILES string of the molecule is Cc1cccc(C#CCOS(C)(=O)=O)n1. The highest BCUT2D eigenvalue weighted by molar-refractivity contribution is 7.85. The lowest BCUT2D eigenvalue weighted by Crippen LogP contribution is -2.02. The number of aryl methyl sites for hydroxylation is 1. The maximum atomic E-state index is 10.6. The number of nitrogens with zero attached hydrogens (tertiary/aromatic N) is 1. The highest BCUT2D eigenvalue weighted by atomic mass is 32.2. The summed E-state index contributed by atoms with van der Waals surface area (Å²) in [4.78, 5) is 4.13. The highest BCUT2D eigenvalue weighted by Gasteiger charge is 1.97. The number of hydrogen-bond donors (Lipinski definition) is 0. The van der Waals surface area contributed by atoms with E-state index in [4.69, 9.17) is 0 Å². The Morgan fingerprint density at radius 2 is 2.20 bits per heavy atom. The molecule has 0 N–H and O–H groups in total. The molecule has 0 unspecified atom stereocenters. The molecule has 0 fully saturated rings. The summed E-state index contributed by atoms with van der Waals surface area (Å²) in [6.07, 6.45) is 0.986. The summed E-state index contributed by atoms with van der Waals surface area (Å²) in [7, 11) is -3.41. The zero-order chi connectivity index (χ0) is 11.3. The van der Waals surface area contributed by atoms with E-state index in [-0.39, 0.29) is 6.61 Å². The summed E-state index contributed by atoms with van der Waals surface area (Å²) in [6.45, 7) is 1.71. The standard InChI is InChI=1S/C10H11NO3S/c1-9-5-3-6-10(11-9)7-4-8-14-15(2,12)13/h3,5-6H,8H2,1-2H3. The molecule has 1 aromatic rings. The van der Waals surface area contributed by atoms with Gasteiger partial charge in [-0.3, -0.25) is 4.18 Å². The van der Waals surface area contributed by atoms with Gasteiger partial charge in [-0.05, 0) is 25.0 Å². The second-order valence-corrected chi connectivity index (χ2v) is 4.58. The van der Waals surface area contributed by atoms with Crippen LogP contribution in [0.15, 0.2) is 18.2 Å². The van der Waals surface area contributed by atoms with E-state index in [0.717, 1.165) is 11.9 Å². The van der Waals surface area contributed by atoms with E-state index in [2.05, 4.69) is 21.0 Å². The molecule has 80 valence electrons. The quantitative estimate of drug-likeness (QED) is 0.549. The third-order valence-electron chi connectivity index (χ3n) is 1.45. The van der Waals surface area contributed by atoms with Gasteiger partial charge in [0.15, 0.2) is 0 Å². The van der Waals surface area contributed by atoms with Crippen molar-refractivity contribution in [2.45, 2.75) is 6.92 Å². The number of rotatable bonds is 2. The van der Waals surface area contributed by atoms with Gasteiger partial charge in [0.1, 0.15) is 12.3 Å². The molecule has 1 heterocycles. The molecule has 0 atom stereocenters. The molecule has 0 amide bonds. The fourth-order valence-corrected chi connectivity index (χ4v) is 1.15. The molecule has 0 radical (unpaired) electrons. The Hall–Kier alpha value is -1.38. The maximum Gasteiger partial charge on any atom is 0.265 e. The molecule has 0 aromatic carbocycles. The van der Waals surface area contributed by atoms with Crippen LogP contribution in [0.1, 0.15) is 11.4 Å². The Morgan fingerprint density at radius 1 is 1.47 bits per heavy atom. The molecule has 0 aliphatic rings. The first-order valence-corrected chi connectivity index (χ1v) is 6.06. The van der Waals surface area contributed by atoms with Crippen molar-refractivity contribution < 1.29 is 12.6 Å². The first-order chi connectivity index (χ1) is 6.97. The Balaban J connectivity index is 2.59. The van der Waals surface area contributed by atoms with E-state index in [0.29, 0.717) is 5.69 Å². The zero-order valence-corrected chi connectivity index (χ0v) is 9.34. The first-order valence-electron chi connectivity index (χ1n) is 4.24. The summed E-state index contributed by atoms with van der Waals surface area (Å²) in [5.41, 5.74) is 1.47. The van der Waals surface area contributed by atoms with Crippen molar-refractivity contribution in [2.75, 3.05) is 12.9 Å². The van der Waals surface area contributed by atoms with Crippen molar-refractivity contribution in [3.05, 3.63) is 29.6 Å². The molecule has 4 nitrogen and oxygen atoms in total.